The average Bonchev–Trinajstić information content (AvgIpc) is 3.25. The van der Waals surface area contributed by atoms with Crippen LogP contribution >= 0.6 is 11.3 Å². The van der Waals surface area contributed by atoms with Crippen molar-refractivity contribution < 1.29 is 9.59 Å². The minimum Gasteiger partial charge on any atom is -0.350 e. The highest BCUT2D eigenvalue weighted by molar-refractivity contribution is 7.12. The van der Waals surface area contributed by atoms with Crippen LogP contribution in [0.15, 0.2) is 41.8 Å². The quantitative estimate of drug-likeness (QED) is 0.834. The first-order chi connectivity index (χ1) is 10.8. The second kappa shape index (κ2) is 6.85. The van der Waals surface area contributed by atoms with E-state index in [1.54, 1.807) is 30.3 Å². The Balaban J connectivity index is 1.75. The summed E-state index contributed by atoms with van der Waals surface area (Å²) in [6.07, 6.45) is 2.23. The van der Waals surface area contributed by atoms with E-state index in [9.17, 15) is 9.59 Å². The highest BCUT2D eigenvalue weighted by Crippen LogP contribution is 2.18. The third-order valence-corrected chi connectivity index (χ3v) is 4.70. The number of nitrogens with one attached hydrogen (secondary N) is 2. The van der Waals surface area contributed by atoms with Gasteiger partial charge in [-0.05, 0) is 36.9 Å². The lowest BCUT2D eigenvalue weighted by Gasteiger charge is -2.13. The molecule has 114 valence electrons. The highest BCUT2D eigenvalue weighted by atomic mass is 32.1. The molecule has 0 spiro atoms. The fraction of sp³-hybridized carbons (Fsp3) is 0.294. The van der Waals surface area contributed by atoms with Crippen LogP contribution in [0.1, 0.15) is 38.4 Å². The van der Waals surface area contributed by atoms with Crippen molar-refractivity contribution in [3.05, 3.63) is 57.8 Å². The van der Waals surface area contributed by atoms with Crippen LogP contribution in [0, 0.1) is 0 Å². The minimum atomic E-state index is -0.186. The normalized spacial score (nSPS) is 17.4. The maximum atomic E-state index is 12.5. The molecule has 4 nitrogen and oxygen atoms in total. The van der Waals surface area contributed by atoms with Crippen LogP contribution in [0.4, 0.5) is 0 Å². The molecule has 1 aromatic carbocycles. The third kappa shape index (κ3) is 3.26. The summed E-state index contributed by atoms with van der Waals surface area (Å²) in [6, 6.07) is 11.0. The fourth-order valence-electron chi connectivity index (χ4n) is 2.66. The van der Waals surface area contributed by atoms with E-state index < -0.39 is 0 Å². The Labute approximate surface area is 133 Å². The fourth-order valence-corrected chi connectivity index (χ4v) is 3.34. The largest absolute Gasteiger partial charge is 0.350 e. The molecule has 1 fully saturated rings. The minimum absolute atomic E-state index is 0.0975. The number of amides is 1. The molecule has 0 bridgehead atoms. The smallest absolute Gasteiger partial charge is 0.252 e. The molecular formula is C17H18N2O2S. The molecule has 2 heterocycles. The van der Waals surface area contributed by atoms with Crippen LogP contribution < -0.4 is 10.6 Å². The molecule has 22 heavy (non-hydrogen) atoms. The molecule has 1 aliphatic rings. The van der Waals surface area contributed by atoms with Gasteiger partial charge < -0.3 is 10.6 Å². The number of carbonyl (C=O) groups excluding carboxylic acids is 2. The first-order valence-electron chi connectivity index (χ1n) is 7.44. The second-order valence-electron chi connectivity index (χ2n) is 5.36. The second-order valence-corrected chi connectivity index (χ2v) is 6.30. The van der Waals surface area contributed by atoms with Crippen molar-refractivity contribution in [1.29, 1.82) is 0 Å². The van der Waals surface area contributed by atoms with Crippen molar-refractivity contribution in [3.8, 4) is 0 Å². The van der Waals surface area contributed by atoms with Gasteiger partial charge in [-0.3, -0.25) is 9.59 Å². The van der Waals surface area contributed by atoms with Gasteiger partial charge in [-0.2, -0.15) is 0 Å². The summed E-state index contributed by atoms with van der Waals surface area (Å²) in [5, 5.41) is 8.14. The van der Waals surface area contributed by atoms with Crippen LogP contribution in [0.25, 0.3) is 0 Å². The summed E-state index contributed by atoms with van der Waals surface area (Å²) >= 11 is 1.39. The molecule has 1 aromatic heterocycles. The van der Waals surface area contributed by atoms with Crippen LogP contribution in [-0.2, 0) is 0 Å². The van der Waals surface area contributed by atoms with Gasteiger partial charge in [0.2, 0.25) is 5.78 Å². The summed E-state index contributed by atoms with van der Waals surface area (Å²) in [4.78, 5) is 25.6. The topological polar surface area (TPSA) is 58.2 Å². The molecule has 5 heteroatoms. The van der Waals surface area contributed by atoms with E-state index >= 15 is 0 Å². The Morgan fingerprint density at radius 1 is 1.18 bits per heavy atom. The molecule has 2 N–H and O–H groups in total. The number of hydrogen-bond acceptors (Lipinski definition) is 4. The number of benzene rings is 1. The number of thiophene rings is 1. The van der Waals surface area contributed by atoms with Crippen LogP contribution in [0.2, 0.25) is 0 Å². The average molecular weight is 314 g/mol. The predicted octanol–water partition coefficient (Wildman–Crippen LogP) is 2.46. The number of hydrogen-bond donors (Lipinski definition) is 2. The molecule has 0 radical (unpaired) electrons. The molecule has 1 aliphatic heterocycles. The molecule has 1 atom stereocenters. The van der Waals surface area contributed by atoms with Crippen molar-refractivity contribution in [3.63, 3.8) is 0 Å². The predicted molar refractivity (Wildman–Crippen MR) is 87.6 cm³/mol. The van der Waals surface area contributed by atoms with Crippen molar-refractivity contribution in [2.75, 3.05) is 13.1 Å². The first kappa shape index (κ1) is 14.9. The Morgan fingerprint density at radius 2 is 2.00 bits per heavy atom. The lowest BCUT2D eigenvalue weighted by Crippen LogP contribution is -2.37. The summed E-state index contributed by atoms with van der Waals surface area (Å²) < 4.78 is 0. The van der Waals surface area contributed by atoms with Gasteiger partial charge in [-0.1, -0.05) is 24.3 Å². The number of carbonyl (C=O) groups is 2. The van der Waals surface area contributed by atoms with Gasteiger partial charge in [0.05, 0.1) is 10.4 Å². The molecule has 2 aromatic rings. The van der Waals surface area contributed by atoms with E-state index in [-0.39, 0.29) is 11.7 Å². The van der Waals surface area contributed by atoms with Gasteiger partial charge in [0.1, 0.15) is 0 Å². The monoisotopic (exact) mass is 314 g/mol. The maximum Gasteiger partial charge on any atom is 0.252 e. The van der Waals surface area contributed by atoms with Gasteiger partial charge >= 0.3 is 0 Å². The van der Waals surface area contributed by atoms with Gasteiger partial charge in [0.15, 0.2) is 0 Å². The van der Waals surface area contributed by atoms with E-state index in [0.29, 0.717) is 28.6 Å². The van der Waals surface area contributed by atoms with Crippen molar-refractivity contribution in [2.45, 2.75) is 18.9 Å². The zero-order valence-electron chi connectivity index (χ0n) is 12.2. The molecule has 1 amide bonds. The van der Waals surface area contributed by atoms with Gasteiger partial charge in [-0.15, -0.1) is 11.3 Å². The Hall–Kier alpha value is -1.98. The van der Waals surface area contributed by atoms with Crippen LogP contribution in [-0.4, -0.2) is 30.8 Å². The first-order valence-corrected chi connectivity index (χ1v) is 8.32. The van der Waals surface area contributed by atoms with E-state index in [4.69, 9.17) is 0 Å². The SMILES string of the molecule is O=C(NCC1CCCN1)c1ccccc1C(=O)c1cccs1. The van der Waals surface area contributed by atoms with E-state index in [2.05, 4.69) is 10.6 Å². The Morgan fingerprint density at radius 3 is 2.68 bits per heavy atom. The van der Waals surface area contributed by atoms with Crippen molar-refractivity contribution in [2.24, 2.45) is 0 Å². The third-order valence-electron chi connectivity index (χ3n) is 3.83. The Kier molecular flexibility index (Phi) is 4.65. The maximum absolute atomic E-state index is 12.5. The van der Waals surface area contributed by atoms with Crippen LogP contribution in [0.3, 0.4) is 0 Å². The van der Waals surface area contributed by atoms with E-state index in [1.165, 1.54) is 11.3 Å². The molecular weight excluding hydrogens is 296 g/mol. The van der Waals surface area contributed by atoms with E-state index in [1.807, 2.05) is 11.4 Å². The zero-order chi connectivity index (χ0) is 15.4. The molecule has 0 saturated carbocycles. The van der Waals surface area contributed by atoms with Crippen molar-refractivity contribution >= 4 is 23.0 Å². The zero-order valence-corrected chi connectivity index (χ0v) is 13.0. The lowest BCUT2D eigenvalue weighted by molar-refractivity contribution is 0.0939. The van der Waals surface area contributed by atoms with Crippen molar-refractivity contribution in [1.82, 2.24) is 10.6 Å². The van der Waals surface area contributed by atoms with Gasteiger partial charge in [-0.25, -0.2) is 0 Å². The lowest BCUT2D eigenvalue weighted by atomic mass is 10.0. The standard InChI is InChI=1S/C17H18N2O2S/c20-16(15-8-4-10-22-15)13-6-1-2-7-14(13)17(21)19-11-12-5-3-9-18-12/h1-2,4,6-8,10,12,18H,3,5,9,11H2,(H,19,21). The van der Waals surface area contributed by atoms with Gasteiger partial charge in [0, 0.05) is 18.2 Å². The molecule has 1 unspecified atom stereocenters. The summed E-state index contributed by atoms with van der Waals surface area (Å²) in [6.45, 7) is 1.61. The van der Waals surface area contributed by atoms with E-state index in [0.717, 1.165) is 19.4 Å². The summed E-state index contributed by atoms with van der Waals surface area (Å²) in [5.74, 6) is -0.283. The Bertz CT molecular complexity index is 661. The van der Waals surface area contributed by atoms with Gasteiger partial charge in [0.25, 0.3) is 5.91 Å². The summed E-state index contributed by atoms with van der Waals surface area (Å²) in [5.41, 5.74) is 0.903. The summed E-state index contributed by atoms with van der Waals surface area (Å²) in [7, 11) is 0. The van der Waals surface area contributed by atoms with Crippen LogP contribution in [0.5, 0.6) is 0 Å². The molecule has 1 saturated heterocycles. The highest BCUT2D eigenvalue weighted by Gasteiger charge is 2.20. The molecule has 3 rings (SSSR count). The number of ketones is 1. The molecule has 0 aliphatic carbocycles. The number of rotatable bonds is 5.